The Labute approximate surface area is 135 Å². The number of halogens is 1. The largest absolute Gasteiger partial charge is 0.507 e. The summed E-state index contributed by atoms with van der Waals surface area (Å²) in [6, 6.07) is 15.2. The molecule has 1 aromatic heterocycles. The van der Waals surface area contributed by atoms with Gasteiger partial charge in [-0.3, -0.25) is 5.10 Å². The Kier molecular flexibility index (Phi) is 4.01. The molecule has 0 aliphatic rings. The first-order chi connectivity index (χ1) is 10.2. The quantitative estimate of drug-likeness (QED) is 0.667. The van der Waals surface area contributed by atoms with E-state index in [9.17, 15) is 5.11 Å². The van der Waals surface area contributed by atoms with Gasteiger partial charge in [-0.2, -0.15) is 5.10 Å². The lowest BCUT2D eigenvalue weighted by Gasteiger charge is -1.97. The highest BCUT2D eigenvalue weighted by molar-refractivity contribution is 14.1. The van der Waals surface area contributed by atoms with Gasteiger partial charge < -0.3 is 5.11 Å². The molecule has 0 spiro atoms. The predicted molar refractivity (Wildman–Crippen MR) is 91.6 cm³/mol. The number of para-hydroxylation sites is 1. The van der Waals surface area contributed by atoms with Crippen molar-refractivity contribution in [3.63, 3.8) is 0 Å². The third-order valence-electron chi connectivity index (χ3n) is 2.93. The first-order valence-corrected chi connectivity index (χ1v) is 7.45. The molecule has 104 valence electrons. The first kappa shape index (κ1) is 13.8. The van der Waals surface area contributed by atoms with Crippen LogP contribution in [0.25, 0.3) is 23.5 Å². The lowest BCUT2D eigenvalue weighted by atomic mass is 10.2. The fourth-order valence-electron chi connectivity index (χ4n) is 1.92. The zero-order valence-corrected chi connectivity index (χ0v) is 13.2. The summed E-state index contributed by atoms with van der Waals surface area (Å²) in [6.07, 6.45) is 3.83. The molecule has 0 radical (unpaired) electrons. The zero-order valence-electron chi connectivity index (χ0n) is 11.0. The number of nitrogens with one attached hydrogen (secondary N) is 1. The average Bonchev–Trinajstić information content (AvgIpc) is 2.94. The summed E-state index contributed by atoms with van der Waals surface area (Å²) in [7, 11) is 0. The maximum absolute atomic E-state index is 9.80. The molecule has 4 nitrogen and oxygen atoms in total. The molecular weight excluding hydrogens is 377 g/mol. The Morgan fingerprint density at radius 2 is 1.90 bits per heavy atom. The number of aromatic hydroxyl groups is 1. The molecule has 3 aromatic rings. The highest BCUT2D eigenvalue weighted by Gasteiger charge is 2.08. The fraction of sp³-hybridized carbons (Fsp3) is 0. The van der Waals surface area contributed by atoms with E-state index in [0.29, 0.717) is 17.2 Å². The van der Waals surface area contributed by atoms with Crippen molar-refractivity contribution < 1.29 is 5.11 Å². The Morgan fingerprint density at radius 1 is 1.05 bits per heavy atom. The number of hydrogen-bond acceptors (Lipinski definition) is 3. The molecule has 0 aliphatic carbocycles. The highest BCUT2D eigenvalue weighted by atomic mass is 127. The SMILES string of the molecule is Oc1ccccc1-c1n[nH]c(/C=C/c2cccc(I)c2)n1. The van der Waals surface area contributed by atoms with Crippen LogP contribution in [-0.4, -0.2) is 20.3 Å². The molecule has 0 saturated carbocycles. The van der Waals surface area contributed by atoms with Gasteiger partial charge in [-0.15, -0.1) is 0 Å². The van der Waals surface area contributed by atoms with Crippen molar-refractivity contribution in [2.75, 3.05) is 0 Å². The van der Waals surface area contributed by atoms with Crippen LogP contribution in [0.1, 0.15) is 11.4 Å². The summed E-state index contributed by atoms with van der Waals surface area (Å²) >= 11 is 2.28. The number of aromatic nitrogens is 3. The Hall–Kier alpha value is -2.15. The van der Waals surface area contributed by atoms with Crippen LogP contribution < -0.4 is 0 Å². The van der Waals surface area contributed by atoms with Crippen LogP contribution in [0, 0.1) is 3.57 Å². The van der Waals surface area contributed by atoms with Gasteiger partial charge in [0, 0.05) is 3.57 Å². The number of rotatable bonds is 3. The van der Waals surface area contributed by atoms with Gasteiger partial charge in [0.15, 0.2) is 5.82 Å². The lowest BCUT2D eigenvalue weighted by Crippen LogP contribution is -1.81. The van der Waals surface area contributed by atoms with Crippen LogP contribution >= 0.6 is 22.6 Å². The Balaban J connectivity index is 1.84. The molecule has 0 aliphatic heterocycles. The van der Waals surface area contributed by atoms with Crippen LogP contribution in [0.5, 0.6) is 5.75 Å². The smallest absolute Gasteiger partial charge is 0.185 e. The molecule has 0 atom stereocenters. The molecule has 21 heavy (non-hydrogen) atoms. The molecule has 1 heterocycles. The second kappa shape index (κ2) is 6.09. The normalized spacial score (nSPS) is 11.1. The first-order valence-electron chi connectivity index (χ1n) is 6.37. The van der Waals surface area contributed by atoms with Gasteiger partial charge in [-0.25, -0.2) is 4.98 Å². The van der Waals surface area contributed by atoms with E-state index in [1.54, 1.807) is 18.2 Å². The zero-order chi connectivity index (χ0) is 14.7. The van der Waals surface area contributed by atoms with Crippen LogP contribution in [0.3, 0.4) is 0 Å². The van der Waals surface area contributed by atoms with Crippen molar-refractivity contribution in [1.29, 1.82) is 0 Å². The van der Waals surface area contributed by atoms with E-state index in [1.807, 2.05) is 36.4 Å². The van der Waals surface area contributed by atoms with Crippen LogP contribution in [0.15, 0.2) is 48.5 Å². The average molecular weight is 389 g/mol. The minimum atomic E-state index is 0.171. The van der Waals surface area contributed by atoms with Crippen molar-refractivity contribution in [1.82, 2.24) is 15.2 Å². The molecule has 3 rings (SSSR count). The van der Waals surface area contributed by atoms with E-state index in [2.05, 4.69) is 43.8 Å². The van der Waals surface area contributed by atoms with Crippen molar-refractivity contribution in [3.8, 4) is 17.1 Å². The summed E-state index contributed by atoms with van der Waals surface area (Å²) < 4.78 is 1.18. The lowest BCUT2D eigenvalue weighted by molar-refractivity contribution is 0.477. The van der Waals surface area contributed by atoms with Gasteiger partial charge in [0.2, 0.25) is 0 Å². The molecule has 0 unspecified atom stereocenters. The molecule has 2 N–H and O–H groups in total. The monoisotopic (exact) mass is 389 g/mol. The molecule has 0 amide bonds. The number of phenolic OH excluding ortho intramolecular Hbond substituents is 1. The van der Waals surface area contributed by atoms with Crippen molar-refractivity contribution in [2.24, 2.45) is 0 Å². The number of H-pyrrole nitrogens is 1. The minimum Gasteiger partial charge on any atom is -0.507 e. The molecule has 5 heteroatoms. The number of nitrogens with zero attached hydrogens (tertiary/aromatic N) is 2. The van der Waals surface area contributed by atoms with Crippen molar-refractivity contribution in [3.05, 3.63) is 63.5 Å². The van der Waals surface area contributed by atoms with E-state index in [1.165, 1.54) is 3.57 Å². The van der Waals surface area contributed by atoms with Crippen molar-refractivity contribution in [2.45, 2.75) is 0 Å². The standard InChI is InChI=1S/C16H12IN3O/c17-12-5-3-4-11(10-12)8-9-15-18-16(20-19-15)13-6-1-2-7-14(13)21/h1-10,21H,(H,18,19,20)/b9-8+. The summed E-state index contributed by atoms with van der Waals surface area (Å²) in [5, 5.41) is 16.8. The molecular formula is C16H12IN3O. The third kappa shape index (κ3) is 3.30. The van der Waals surface area contributed by atoms with Crippen LogP contribution in [-0.2, 0) is 0 Å². The van der Waals surface area contributed by atoms with E-state index >= 15 is 0 Å². The van der Waals surface area contributed by atoms with Gasteiger partial charge in [-0.05, 0) is 58.5 Å². The highest BCUT2D eigenvalue weighted by Crippen LogP contribution is 2.25. The predicted octanol–water partition coefficient (Wildman–Crippen LogP) is 3.95. The van der Waals surface area contributed by atoms with E-state index in [-0.39, 0.29) is 5.75 Å². The third-order valence-corrected chi connectivity index (χ3v) is 3.60. The topological polar surface area (TPSA) is 61.8 Å². The van der Waals surface area contributed by atoms with Gasteiger partial charge >= 0.3 is 0 Å². The minimum absolute atomic E-state index is 0.171. The Bertz CT molecular complexity index is 795. The molecule has 0 fully saturated rings. The Morgan fingerprint density at radius 3 is 2.71 bits per heavy atom. The second-order valence-corrected chi connectivity index (χ2v) is 5.70. The maximum atomic E-state index is 9.80. The summed E-state index contributed by atoms with van der Waals surface area (Å²) in [4.78, 5) is 4.36. The van der Waals surface area contributed by atoms with Gasteiger partial charge in [-0.1, -0.05) is 30.3 Å². The van der Waals surface area contributed by atoms with E-state index in [4.69, 9.17) is 0 Å². The number of phenols is 1. The molecule has 2 aromatic carbocycles. The van der Waals surface area contributed by atoms with Crippen molar-refractivity contribution >= 4 is 34.7 Å². The van der Waals surface area contributed by atoms with Gasteiger partial charge in [0.25, 0.3) is 0 Å². The van der Waals surface area contributed by atoms with E-state index in [0.717, 1.165) is 5.56 Å². The summed E-state index contributed by atoms with van der Waals surface area (Å²) in [5.41, 5.74) is 1.71. The van der Waals surface area contributed by atoms with Gasteiger partial charge in [0.05, 0.1) is 5.56 Å². The number of aromatic amines is 1. The van der Waals surface area contributed by atoms with E-state index < -0.39 is 0 Å². The van der Waals surface area contributed by atoms with Gasteiger partial charge in [0.1, 0.15) is 11.6 Å². The number of benzene rings is 2. The fourth-order valence-corrected chi connectivity index (χ4v) is 2.48. The van der Waals surface area contributed by atoms with Crippen LogP contribution in [0.2, 0.25) is 0 Å². The maximum Gasteiger partial charge on any atom is 0.185 e. The van der Waals surface area contributed by atoms with Crippen LogP contribution in [0.4, 0.5) is 0 Å². The molecule has 0 saturated heterocycles. The molecule has 0 bridgehead atoms. The summed E-state index contributed by atoms with van der Waals surface area (Å²) in [5.74, 6) is 1.30. The second-order valence-electron chi connectivity index (χ2n) is 4.45. The number of hydrogen-bond donors (Lipinski definition) is 2. The summed E-state index contributed by atoms with van der Waals surface area (Å²) in [6.45, 7) is 0.